The van der Waals surface area contributed by atoms with Gasteiger partial charge in [-0.25, -0.2) is 8.42 Å². The average Bonchev–Trinajstić information content (AvgIpc) is 2.80. The lowest BCUT2D eigenvalue weighted by Gasteiger charge is -2.22. The van der Waals surface area contributed by atoms with E-state index in [1.807, 2.05) is 48.5 Å². The standard InChI is InChI=1S/C25H27BrN2O3S/c1-2-3-7-20-12-16-23(17-13-20)27-25(29)19-28(18-21-10-14-22(26)15-11-21)32(30,31)24-8-5-4-6-9-24/h4-6,8-17H,2-3,7,18-19H2,1H3,(H,27,29). The Hall–Kier alpha value is -2.48. The lowest BCUT2D eigenvalue weighted by Crippen LogP contribution is -2.37. The molecule has 0 aliphatic heterocycles. The lowest BCUT2D eigenvalue weighted by molar-refractivity contribution is -0.116. The Morgan fingerprint density at radius 2 is 1.53 bits per heavy atom. The van der Waals surface area contributed by atoms with Crippen LogP contribution in [0.25, 0.3) is 0 Å². The maximum absolute atomic E-state index is 13.3. The highest BCUT2D eigenvalue weighted by atomic mass is 79.9. The molecular weight excluding hydrogens is 488 g/mol. The van der Waals surface area contributed by atoms with E-state index in [4.69, 9.17) is 0 Å². The highest BCUT2D eigenvalue weighted by molar-refractivity contribution is 9.10. The van der Waals surface area contributed by atoms with Gasteiger partial charge in [-0.05, 0) is 60.4 Å². The third-order valence-corrected chi connectivity index (χ3v) is 7.36. The van der Waals surface area contributed by atoms with Gasteiger partial charge in [0.05, 0.1) is 11.4 Å². The van der Waals surface area contributed by atoms with Crippen LogP contribution in [0.3, 0.4) is 0 Å². The first-order valence-corrected chi connectivity index (χ1v) is 12.8. The number of rotatable bonds is 10. The lowest BCUT2D eigenvalue weighted by atomic mass is 10.1. The Labute approximate surface area is 198 Å². The van der Waals surface area contributed by atoms with Crippen molar-refractivity contribution in [3.05, 3.63) is 94.5 Å². The van der Waals surface area contributed by atoms with E-state index in [9.17, 15) is 13.2 Å². The van der Waals surface area contributed by atoms with Gasteiger partial charge in [0.15, 0.2) is 0 Å². The van der Waals surface area contributed by atoms with E-state index in [1.165, 1.54) is 22.0 Å². The van der Waals surface area contributed by atoms with Crippen LogP contribution in [-0.4, -0.2) is 25.2 Å². The fraction of sp³-hybridized carbons (Fsp3) is 0.240. The molecule has 0 heterocycles. The minimum atomic E-state index is -3.85. The summed E-state index contributed by atoms with van der Waals surface area (Å²) >= 11 is 3.39. The highest BCUT2D eigenvalue weighted by Crippen LogP contribution is 2.20. The molecule has 7 heteroatoms. The summed E-state index contributed by atoms with van der Waals surface area (Å²) < 4.78 is 28.7. The largest absolute Gasteiger partial charge is 0.325 e. The molecule has 1 N–H and O–H groups in total. The number of hydrogen-bond acceptors (Lipinski definition) is 3. The number of sulfonamides is 1. The van der Waals surface area contributed by atoms with E-state index in [-0.39, 0.29) is 23.9 Å². The van der Waals surface area contributed by atoms with E-state index in [1.54, 1.807) is 18.2 Å². The molecule has 3 aromatic carbocycles. The van der Waals surface area contributed by atoms with Crippen molar-refractivity contribution in [3.8, 4) is 0 Å². The number of benzene rings is 3. The molecule has 0 spiro atoms. The van der Waals surface area contributed by atoms with Gasteiger partial charge in [-0.15, -0.1) is 0 Å². The van der Waals surface area contributed by atoms with Crippen LogP contribution in [0.5, 0.6) is 0 Å². The van der Waals surface area contributed by atoms with Gasteiger partial charge in [0.2, 0.25) is 15.9 Å². The second-order valence-electron chi connectivity index (χ2n) is 7.56. The van der Waals surface area contributed by atoms with Gasteiger partial charge in [-0.3, -0.25) is 4.79 Å². The average molecular weight is 515 g/mol. The van der Waals surface area contributed by atoms with Gasteiger partial charge >= 0.3 is 0 Å². The van der Waals surface area contributed by atoms with E-state index in [0.29, 0.717) is 5.69 Å². The summed E-state index contributed by atoms with van der Waals surface area (Å²) in [6.45, 7) is 1.96. The summed E-state index contributed by atoms with van der Waals surface area (Å²) in [6.07, 6.45) is 3.25. The fourth-order valence-electron chi connectivity index (χ4n) is 3.26. The molecule has 0 aliphatic carbocycles. The van der Waals surface area contributed by atoms with Crippen molar-refractivity contribution in [1.82, 2.24) is 4.31 Å². The molecule has 0 saturated carbocycles. The van der Waals surface area contributed by atoms with Crippen LogP contribution in [0, 0.1) is 0 Å². The zero-order valence-electron chi connectivity index (χ0n) is 18.0. The van der Waals surface area contributed by atoms with E-state index in [2.05, 4.69) is 28.2 Å². The molecule has 3 rings (SSSR count). The van der Waals surface area contributed by atoms with Gasteiger partial charge in [-0.1, -0.05) is 71.7 Å². The van der Waals surface area contributed by atoms with Gasteiger partial charge in [0.1, 0.15) is 0 Å². The van der Waals surface area contributed by atoms with Crippen LogP contribution in [0.1, 0.15) is 30.9 Å². The SMILES string of the molecule is CCCCc1ccc(NC(=O)CN(Cc2ccc(Br)cc2)S(=O)(=O)c2ccccc2)cc1. The van der Waals surface area contributed by atoms with Crippen molar-refractivity contribution in [2.24, 2.45) is 0 Å². The van der Waals surface area contributed by atoms with Crippen LogP contribution >= 0.6 is 15.9 Å². The first-order valence-electron chi connectivity index (χ1n) is 10.6. The quantitative estimate of drug-likeness (QED) is 0.381. The normalized spacial score (nSPS) is 11.5. The number of hydrogen-bond donors (Lipinski definition) is 1. The Bertz CT molecular complexity index is 1120. The van der Waals surface area contributed by atoms with Gasteiger partial charge in [-0.2, -0.15) is 4.31 Å². The monoisotopic (exact) mass is 514 g/mol. The van der Waals surface area contributed by atoms with E-state index in [0.717, 1.165) is 29.3 Å². The first-order chi connectivity index (χ1) is 15.4. The summed E-state index contributed by atoms with van der Waals surface area (Å²) in [6, 6.07) is 23.2. The topological polar surface area (TPSA) is 66.5 Å². The van der Waals surface area contributed by atoms with Gasteiger partial charge in [0.25, 0.3) is 0 Å². The molecule has 0 radical (unpaired) electrons. The number of carbonyl (C=O) groups is 1. The molecule has 168 valence electrons. The highest BCUT2D eigenvalue weighted by Gasteiger charge is 2.26. The predicted octanol–water partition coefficient (Wildman–Crippen LogP) is 5.62. The fourth-order valence-corrected chi connectivity index (χ4v) is 4.93. The second kappa shape index (κ2) is 11.4. The maximum atomic E-state index is 13.3. The van der Waals surface area contributed by atoms with Crippen LogP contribution in [-0.2, 0) is 27.8 Å². The van der Waals surface area contributed by atoms with Gasteiger partial charge in [0, 0.05) is 16.7 Å². The third-order valence-electron chi connectivity index (χ3n) is 5.03. The number of nitrogens with zero attached hydrogens (tertiary/aromatic N) is 1. The summed E-state index contributed by atoms with van der Waals surface area (Å²) in [5.74, 6) is -0.386. The molecule has 3 aromatic rings. The Kier molecular flexibility index (Phi) is 8.61. The molecule has 0 aliphatic rings. The van der Waals surface area contributed by atoms with Gasteiger partial charge < -0.3 is 5.32 Å². The molecule has 0 atom stereocenters. The number of amides is 1. The zero-order chi connectivity index (χ0) is 23.0. The minimum Gasteiger partial charge on any atom is -0.325 e. The predicted molar refractivity (Wildman–Crippen MR) is 132 cm³/mol. The van der Waals surface area contributed by atoms with Crippen LogP contribution < -0.4 is 5.32 Å². The zero-order valence-corrected chi connectivity index (χ0v) is 20.4. The Morgan fingerprint density at radius 3 is 2.16 bits per heavy atom. The molecule has 5 nitrogen and oxygen atoms in total. The van der Waals surface area contributed by atoms with Crippen molar-refractivity contribution in [3.63, 3.8) is 0 Å². The van der Waals surface area contributed by atoms with Crippen LogP contribution in [0.4, 0.5) is 5.69 Å². The summed E-state index contributed by atoms with van der Waals surface area (Å²) in [5.41, 5.74) is 2.66. The molecule has 0 saturated heterocycles. The summed E-state index contributed by atoms with van der Waals surface area (Å²) in [5, 5.41) is 2.82. The molecule has 0 bridgehead atoms. The number of nitrogens with one attached hydrogen (secondary N) is 1. The maximum Gasteiger partial charge on any atom is 0.243 e. The molecule has 0 aromatic heterocycles. The Morgan fingerprint density at radius 1 is 0.906 bits per heavy atom. The number of unbranched alkanes of at least 4 members (excludes halogenated alkanes) is 1. The molecule has 0 fully saturated rings. The Balaban J connectivity index is 1.77. The van der Waals surface area contributed by atoms with Crippen molar-refractivity contribution in [2.75, 3.05) is 11.9 Å². The van der Waals surface area contributed by atoms with Crippen molar-refractivity contribution in [1.29, 1.82) is 0 Å². The van der Waals surface area contributed by atoms with Crippen LogP contribution in [0.15, 0.2) is 88.2 Å². The van der Waals surface area contributed by atoms with E-state index < -0.39 is 10.0 Å². The van der Waals surface area contributed by atoms with Crippen molar-refractivity contribution < 1.29 is 13.2 Å². The molecule has 32 heavy (non-hydrogen) atoms. The smallest absolute Gasteiger partial charge is 0.243 e. The molecule has 0 unspecified atom stereocenters. The molecule has 1 amide bonds. The van der Waals surface area contributed by atoms with E-state index >= 15 is 0 Å². The summed E-state index contributed by atoms with van der Waals surface area (Å²) in [7, 11) is -3.85. The number of carbonyl (C=O) groups excluding carboxylic acids is 1. The summed E-state index contributed by atoms with van der Waals surface area (Å²) in [4.78, 5) is 12.9. The number of aryl methyl sites for hydroxylation is 1. The van der Waals surface area contributed by atoms with Crippen molar-refractivity contribution >= 4 is 37.5 Å². The molecular formula is C25H27BrN2O3S. The second-order valence-corrected chi connectivity index (χ2v) is 10.4. The first kappa shape index (κ1) is 24.2. The number of halogens is 1. The van der Waals surface area contributed by atoms with Crippen molar-refractivity contribution in [2.45, 2.75) is 37.6 Å². The number of anilines is 1. The van der Waals surface area contributed by atoms with Crippen LogP contribution in [0.2, 0.25) is 0 Å². The third kappa shape index (κ3) is 6.76. The minimum absolute atomic E-state index is 0.0912.